The van der Waals surface area contributed by atoms with E-state index in [1.165, 1.54) is 12.1 Å². The van der Waals surface area contributed by atoms with E-state index in [1.807, 2.05) is 0 Å². The fourth-order valence-corrected chi connectivity index (χ4v) is 0.735. The van der Waals surface area contributed by atoms with Gasteiger partial charge in [-0.25, -0.2) is 0 Å². The van der Waals surface area contributed by atoms with Gasteiger partial charge in [-0.3, -0.25) is 0 Å². The second-order valence-corrected chi connectivity index (χ2v) is 2.12. The van der Waals surface area contributed by atoms with Gasteiger partial charge in [0.1, 0.15) is 11.5 Å². The predicted octanol–water partition coefficient (Wildman–Crippen LogP) is 2.59. The van der Waals surface area contributed by atoms with Crippen molar-refractivity contribution in [3.63, 3.8) is 0 Å². The molecule has 0 saturated carbocycles. The molecule has 0 spiro atoms. The van der Waals surface area contributed by atoms with Crippen molar-refractivity contribution in [3.8, 4) is 11.5 Å². The van der Waals surface area contributed by atoms with Crippen molar-refractivity contribution in [1.82, 2.24) is 0 Å². The molecule has 0 aliphatic rings. The molecule has 0 amide bonds. The molecule has 0 heterocycles. The Kier molecular flexibility index (Phi) is 1.67. The van der Waals surface area contributed by atoms with Crippen molar-refractivity contribution in [3.05, 3.63) is 24.3 Å². The van der Waals surface area contributed by atoms with Crippen LogP contribution in [-0.4, -0.2) is 13.4 Å². The maximum absolute atomic E-state index is 11.8. The molecule has 0 unspecified atom stereocenters. The van der Waals surface area contributed by atoms with E-state index in [0.29, 0.717) is 0 Å². The summed E-state index contributed by atoms with van der Waals surface area (Å²) in [6, 6.07) is 4.30. The van der Waals surface area contributed by atoms with E-state index in [0.717, 1.165) is 12.1 Å². The number of halogens is 3. The molecular weight excluding hydrogens is 185 g/mol. The number of benzene rings is 1. The minimum Gasteiger partial charge on any atom is -0.497 e. The molecular formula is C8H7F3O2. The van der Waals surface area contributed by atoms with Gasteiger partial charge >= 0.3 is 6.36 Å². The standard InChI is InChI=1S/C8H7F3O2/c1-12-6-3-2-4-7(5-6)13-8(9,10)11/h2-5H,1H3/i1D3. The Morgan fingerprint density at radius 1 is 1.31 bits per heavy atom. The van der Waals surface area contributed by atoms with Crippen molar-refractivity contribution < 1.29 is 26.8 Å². The van der Waals surface area contributed by atoms with Crippen LogP contribution in [0.5, 0.6) is 11.5 Å². The highest BCUT2D eigenvalue weighted by Gasteiger charge is 2.31. The van der Waals surface area contributed by atoms with Gasteiger partial charge in [-0.1, -0.05) is 6.07 Å². The van der Waals surface area contributed by atoms with Crippen molar-refractivity contribution in [2.75, 3.05) is 7.04 Å². The lowest BCUT2D eigenvalue weighted by Crippen LogP contribution is -2.17. The molecule has 0 bridgehead atoms. The van der Waals surface area contributed by atoms with Crippen molar-refractivity contribution >= 4 is 0 Å². The fraction of sp³-hybridized carbons (Fsp3) is 0.250. The molecule has 5 heteroatoms. The summed E-state index contributed by atoms with van der Waals surface area (Å²) in [5, 5.41) is 0. The Morgan fingerprint density at radius 2 is 2.00 bits per heavy atom. The van der Waals surface area contributed by atoms with E-state index in [9.17, 15) is 13.2 Å². The average molecular weight is 195 g/mol. The molecule has 0 fully saturated rings. The molecule has 0 saturated heterocycles. The average Bonchev–Trinajstić information content (AvgIpc) is 1.96. The first-order chi connectivity index (χ1) is 7.16. The third-order valence-electron chi connectivity index (χ3n) is 1.16. The van der Waals surface area contributed by atoms with E-state index in [2.05, 4.69) is 9.47 Å². The quantitative estimate of drug-likeness (QED) is 0.722. The Bertz CT molecular complexity index is 331. The van der Waals surface area contributed by atoms with Gasteiger partial charge in [0.2, 0.25) is 0 Å². The number of methoxy groups -OCH3 is 1. The SMILES string of the molecule is [2H]C([2H])([2H])Oc1cccc(OC(F)(F)F)c1. The van der Waals surface area contributed by atoms with Crippen LogP contribution in [0.2, 0.25) is 0 Å². The summed E-state index contributed by atoms with van der Waals surface area (Å²) < 4.78 is 63.8. The monoisotopic (exact) mass is 195 g/mol. The van der Waals surface area contributed by atoms with E-state index in [-0.39, 0.29) is 5.75 Å². The van der Waals surface area contributed by atoms with Gasteiger partial charge in [-0.05, 0) is 12.1 Å². The molecule has 1 aromatic rings. The zero-order chi connectivity index (χ0) is 12.4. The van der Waals surface area contributed by atoms with Gasteiger partial charge in [0.05, 0.1) is 11.2 Å². The topological polar surface area (TPSA) is 18.5 Å². The van der Waals surface area contributed by atoms with Gasteiger partial charge in [0.25, 0.3) is 0 Å². The van der Waals surface area contributed by atoms with Gasteiger partial charge in [0.15, 0.2) is 0 Å². The summed E-state index contributed by atoms with van der Waals surface area (Å²) in [7, 11) is -2.71. The summed E-state index contributed by atoms with van der Waals surface area (Å²) in [6.07, 6.45) is -4.82. The smallest absolute Gasteiger partial charge is 0.497 e. The van der Waals surface area contributed by atoms with Crippen LogP contribution in [0.25, 0.3) is 0 Å². The Balaban J connectivity index is 2.79. The molecule has 13 heavy (non-hydrogen) atoms. The van der Waals surface area contributed by atoms with Crippen LogP contribution in [0.15, 0.2) is 24.3 Å². The molecule has 1 aromatic carbocycles. The van der Waals surface area contributed by atoms with Gasteiger partial charge in [0, 0.05) is 6.07 Å². The summed E-state index contributed by atoms with van der Waals surface area (Å²) in [5.74, 6) is -0.754. The number of ether oxygens (including phenoxy) is 2. The lowest BCUT2D eigenvalue weighted by molar-refractivity contribution is -0.274. The molecule has 0 aliphatic heterocycles. The highest BCUT2D eigenvalue weighted by molar-refractivity contribution is 5.32. The minimum atomic E-state index is -4.82. The Hall–Kier alpha value is -1.39. The number of hydrogen-bond donors (Lipinski definition) is 0. The second kappa shape index (κ2) is 3.55. The van der Waals surface area contributed by atoms with Crippen molar-refractivity contribution in [2.45, 2.75) is 6.36 Å². The maximum atomic E-state index is 11.8. The summed E-state index contributed by atoms with van der Waals surface area (Å²) in [4.78, 5) is 0. The summed E-state index contributed by atoms with van der Waals surface area (Å²) >= 11 is 0. The van der Waals surface area contributed by atoms with Crippen LogP contribution < -0.4 is 9.47 Å². The third kappa shape index (κ3) is 3.23. The Labute approximate surface area is 77.1 Å². The normalized spacial score (nSPS) is 15.5. The Morgan fingerprint density at radius 3 is 2.62 bits per heavy atom. The van der Waals surface area contributed by atoms with Crippen molar-refractivity contribution in [1.29, 1.82) is 0 Å². The van der Waals surface area contributed by atoms with Gasteiger partial charge in [-0.2, -0.15) is 0 Å². The van der Waals surface area contributed by atoms with E-state index < -0.39 is 19.1 Å². The second-order valence-electron chi connectivity index (χ2n) is 2.12. The summed E-state index contributed by atoms with van der Waals surface area (Å²) in [6.45, 7) is 0. The lowest BCUT2D eigenvalue weighted by Gasteiger charge is -2.09. The first-order valence-corrected chi connectivity index (χ1v) is 3.20. The minimum absolute atomic E-state index is 0.221. The molecule has 72 valence electrons. The fourth-order valence-electron chi connectivity index (χ4n) is 0.735. The van der Waals surface area contributed by atoms with E-state index in [4.69, 9.17) is 4.11 Å². The number of rotatable bonds is 2. The number of alkyl halides is 3. The van der Waals surface area contributed by atoms with Crippen molar-refractivity contribution in [2.24, 2.45) is 0 Å². The molecule has 0 N–H and O–H groups in total. The zero-order valence-electron chi connectivity index (χ0n) is 9.26. The van der Waals surface area contributed by atoms with Crippen LogP contribution in [-0.2, 0) is 0 Å². The highest BCUT2D eigenvalue weighted by atomic mass is 19.4. The first-order valence-electron chi connectivity index (χ1n) is 4.70. The predicted molar refractivity (Wildman–Crippen MR) is 39.7 cm³/mol. The van der Waals surface area contributed by atoms with Gasteiger partial charge in [-0.15, -0.1) is 13.2 Å². The highest BCUT2D eigenvalue weighted by Crippen LogP contribution is 2.25. The van der Waals surface area contributed by atoms with Crippen LogP contribution in [0, 0.1) is 0 Å². The zero-order valence-corrected chi connectivity index (χ0v) is 6.26. The number of hydrogen-bond acceptors (Lipinski definition) is 2. The molecule has 0 aromatic heterocycles. The van der Waals surface area contributed by atoms with E-state index >= 15 is 0 Å². The molecule has 0 aliphatic carbocycles. The molecule has 0 radical (unpaired) electrons. The first kappa shape index (κ1) is 6.12. The molecule has 0 atom stereocenters. The molecule has 1 rings (SSSR count). The van der Waals surface area contributed by atoms with Crippen LogP contribution in [0.1, 0.15) is 4.11 Å². The van der Waals surface area contributed by atoms with Crippen LogP contribution >= 0.6 is 0 Å². The van der Waals surface area contributed by atoms with Gasteiger partial charge < -0.3 is 9.47 Å². The lowest BCUT2D eigenvalue weighted by atomic mass is 10.3. The third-order valence-corrected chi connectivity index (χ3v) is 1.16. The largest absolute Gasteiger partial charge is 0.573 e. The maximum Gasteiger partial charge on any atom is 0.573 e. The summed E-state index contributed by atoms with van der Waals surface area (Å²) in [5.41, 5.74) is 0. The van der Waals surface area contributed by atoms with Crippen LogP contribution in [0.3, 0.4) is 0 Å². The molecule has 2 nitrogen and oxygen atoms in total. The van der Waals surface area contributed by atoms with E-state index in [1.54, 1.807) is 0 Å². The van der Waals surface area contributed by atoms with Crippen LogP contribution in [0.4, 0.5) is 13.2 Å².